The van der Waals surface area contributed by atoms with Crippen LogP contribution in [-0.4, -0.2) is 37.3 Å². The minimum Gasteiger partial charge on any atom is -0.377 e. The van der Waals surface area contributed by atoms with E-state index >= 15 is 0 Å². The lowest BCUT2D eigenvalue weighted by molar-refractivity contribution is -0.270. The summed E-state index contributed by atoms with van der Waals surface area (Å²) in [5.74, 6) is -7.78. The number of ether oxygens (including phenoxy) is 1. The van der Waals surface area contributed by atoms with E-state index in [4.69, 9.17) is 4.74 Å². The molecule has 0 spiro atoms. The monoisotopic (exact) mass is 249 g/mol. The van der Waals surface area contributed by atoms with E-state index in [1.54, 1.807) is 0 Å². The van der Waals surface area contributed by atoms with Crippen molar-refractivity contribution < 1.29 is 31.5 Å². The highest BCUT2D eigenvalue weighted by atomic mass is 19.4. The van der Waals surface area contributed by atoms with Gasteiger partial charge in [-0.3, -0.25) is 4.79 Å². The predicted octanol–water partition coefficient (Wildman–Crippen LogP) is 1.73. The first-order valence-electron chi connectivity index (χ1n) is 4.22. The molecule has 0 aliphatic heterocycles. The summed E-state index contributed by atoms with van der Waals surface area (Å²) in [5.41, 5.74) is -1.02. The fraction of sp³-hybridized carbons (Fsp3) is 0.875. The number of carbonyl (C=O) groups is 1. The van der Waals surface area contributed by atoms with Crippen LogP contribution in [0, 0.1) is 0 Å². The molecule has 0 fully saturated rings. The number of hydrogen-bond acceptors (Lipinski definition) is 2. The van der Waals surface area contributed by atoms with Gasteiger partial charge in [0.15, 0.2) is 0 Å². The highest BCUT2D eigenvalue weighted by Crippen LogP contribution is 2.35. The van der Waals surface area contributed by atoms with Gasteiger partial charge in [0, 0.05) is 13.7 Å². The van der Waals surface area contributed by atoms with Crippen molar-refractivity contribution in [2.45, 2.75) is 31.5 Å². The molecule has 0 saturated heterocycles. The van der Waals surface area contributed by atoms with Gasteiger partial charge >= 0.3 is 12.1 Å². The van der Waals surface area contributed by atoms with Crippen LogP contribution in [0.1, 0.15) is 13.8 Å². The van der Waals surface area contributed by atoms with Crippen molar-refractivity contribution in [2.75, 3.05) is 13.7 Å². The Morgan fingerprint density at radius 2 is 1.62 bits per heavy atom. The maximum atomic E-state index is 12.4. The van der Waals surface area contributed by atoms with Gasteiger partial charge in [0.25, 0.3) is 5.91 Å². The van der Waals surface area contributed by atoms with Gasteiger partial charge in [0.2, 0.25) is 0 Å². The number of amides is 1. The van der Waals surface area contributed by atoms with Gasteiger partial charge in [-0.15, -0.1) is 0 Å². The quantitative estimate of drug-likeness (QED) is 0.770. The number of rotatable bonds is 4. The molecule has 0 unspecified atom stereocenters. The first kappa shape index (κ1) is 15.1. The van der Waals surface area contributed by atoms with E-state index in [1.165, 1.54) is 26.3 Å². The molecule has 3 nitrogen and oxygen atoms in total. The molecule has 0 bridgehead atoms. The van der Waals surface area contributed by atoms with E-state index in [9.17, 15) is 26.7 Å². The molecule has 0 aromatic carbocycles. The van der Waals surface area contributed by atoms with Gasteiger partial charge in [-0.05, 0) is 13.8 Å². The second-order valence-electron chi connectivity index (χ2n) is 3.72. The molecule has 0 radical (unpaired) electrons. The predicted molar refractivity (Wildman–Crippen MR) is 45.1 cm³/mol. The van der Waals surface area contributed by atoms with E-state index in [-0.39, 0.29) is 0 Å². The Bertz CT molecular complexity index is 262. The molecule has 0 aromatic rings. The lowest BCUT2D eigenvalue weighted by Gasteiger charge is -2.25. The first-order chi connectivity index (χ1) is 6.94. The molecule has 1 amide bonds. The van der Waals surface area contributed by atoms with Crippen LogP contribution < -0.4 is 5.32 Å². The number of nitrogens with one attached hydrogen (secondary N) is 1. The summed E-state index contributed by atoms with van der Waals surface area (Å²) in [5, 5.41) is 1.49. The van der Waals surface area contributed by atoms with Crippen LogP contribution in [0.2, 0.25) is 0 Å². The van der Waals surface area contributed by atoms with Crippen LogP contribution in [-0.2, 0) is 9.53 Å². The summed E-state index contributed by atoms with van der Waals surface area (Å²) in [6.45, 7) is 2.41. The molecule has 0 atom stereocenters. The Kier molecular flexibility index (Phi) is 4.26. The Balaban J connectivity index is 4.50. The first-order valence-corrected chi connectivity index (χ1v) is 4.22. The molecular formula is C8H12F5NO2. The lowest BCUT2D eigenvalue weighted by atomic mass is 10.1. The lowest BCUT2D eigenvalue weighted by Crippen LogP contribution is -2.53. The highest BCUT2D eigenvalue weighted by Gasteiger charge is 2.63. The van der Waals surface area contributed by atoms with Crippen molar-refractivity contribution in [3.8, 4) is 0 Å². The van der Waals surface area contributed by atoms with E-state index in [0.717, 1.165) is 0 Å². The zero-order valence-electron chi connectivity index (χ0n) is 8.91. The molecule has 16 heavy (non-hydrogen) atoms. The molecule has 1 N–H and O–H groups in total. The fourth-order valence-electron chi connectivity index (χ4n) is 0.605. The van der Waals surface area contributed by atoms with Crippen LogP contribution >= 0.6 is 0 Å². The van der Waals surface area contributed by atoms with E-state index in [2.05, 4.69) is 0 Å². The van der Waals surface area contributed by atoms with Crippen molar-refractivity contribution in [3.05, 3.63) is 0 Å². The third kappa shape index (κ3) is 3.58. The number of alkyl halides is 5. The van der Waals surface area contributed by atoms with Gasteiger partial charge in [-0.25, -0.2) is 0 Å². The van der Waals surface area contributed by atoms with E-state index in [0.29, 0.717) is 0 Å². The van der Waals surface area contributed by atoms with Crippen molar-refractivity contribution in [3.63, 3.8) is 0 Å². The smallest absolute Gasteiger partial charge is 0.377 e. The molecule has 8 heteroatoms. The average molecular weight is 249 g/mol. The van der Waals surface area contributed by atoms with Crippen LogP contribution in [0.25, 0.3) is 0 Å². The van der Waals surface area contributed by atoms with Gasteiger partial charge in [0.05, 0.1) is 5.60 Å². The second kappa shape index (κ2) is 4.52. The summed E-state index contributed by atoms with van der Waals surface area (Å²) in [6, 6.07) is 0. The second-order valence-corrected chi connectivity index (χ2v) is 3.72. The zero-order valence-corrected chi connectivity index (χ0v) is 8.91. The molecular weight excluding hydrogens is 237 g/mol. The number of carbonyl (C=O) groups excluding carboxylic acids is 1. The molecule has 0 aromatic heterocycles. The van der Waals surface area contributed by atoms with Gasteiger partial charge in [-0.2, -0.15) is 22.0 Å². The topological polar surface area (TPSA) is 38.3 Å². The number of methoxy groups -OCH3 is 1. The van der Waals surface area contributed by atoms with Crippen molar-refractivity contribution in [2.24, 2.45) is 0 Å². The van der Waals surface area contributed by atoms with E-state index in [1.807, 2.05) is 0 Å². The summed E-state index contributed by atoms with van der Waals surface area (Å²) in [6.07, 6.45) is -5.89. The molecule has 0 rings (SSSR count). The fourth-order valence-corrected chi connectivity index (χ4v) is 0.605. The summed E-state index contributed by atoms with van der Waals surface area (Å²) in [7, 11) is 1.24. The normalized spacial score (nSPS) is 13.8. The summed E-state index contributed by atoms with van der Waals surface area (Å²) in [4.78, 5) is 10.6. The van der Waals surface area contributed by atoms with Crippen molar-refractivity contribution in [1.82, 2.24) is 5.32 Å². The molecule has 0 aliphatic rings. The Labute approximate surface area is 88.9 Å². The zero-order chi connectivity index (χ0) is 13.2. The minimum atomic E-state index is -5.89. The average Bonchev–Trinajstić information content (AvgIpc) is 2.12. The van der Waals surface area contributed by atoms with Crippen molar-refractivity contribution >= 4 is 5.91 Å². The van der Waals surface area contributed by atoms with Crippen LogP contribution in [0.15, 0.2) is 0 Å². The Morgan fingerprint density at radius 3 is 1.94 bits per heavy atom. The minimum absolute atomic E-state index is 0.450. The maximum absolute atomic E-state index is 12.4. The third-order valence-corrected chi connectivity index (χ3v) is 1.87. The van der Waals surface area contributed by atoms with Gasteiger partial charge in [-0.1, -0.05) is 0 Å². The summed E-state index contributed by atoms with van der Waals surface area (Å²) < 4.78 is 64.8. The van der Waals surface area contributed by atoms with Gasteiger partial charge in [0.1, 0.15) is 0 Å². The molecule has 0 aliphatic carbocycles. The van der Waals surface area contributed by atoms with Crippen LogP contribution in [0.4, 0.5) is 22.0 Å². The standard InChI is InChI=1S/C8H12F5NO2/c1-6(2,16-3)4-14-5(15)7(9,10)8(11,12)13/h4H2,1-3H3,(H,14,15). The van der Waals surface area contributed by atoms with E-state index < -0.39 is 30.2 Å². The Hall–Kier alpha value is -0.920. The number of halogens is 5. The maximum Gasteiger partial charge on any atom is 0.463 e. The summed E-state index contributed by atoms with van der Waals surface area (Å²) >= 11 is 0. The van der Waals surface area contributed by atoms with Crippen LogP contribution in [0.3, 0.4) is 0 Å². The van der Waals surface area contributed by atoms with Crippen molar-refractivity contribution in [1.29, 1.82) is 0 Å². The van der Waals surface area contributed by atoms with Gasteiger partial charge < -0.3 is 10.1 Å². The van der Waals surface area contributed by atoms with Crippen LogP contribution in [0.5, 0.6) is 0 Å². The highest BCUT2D eigenvalue weighted by molar-refractivity contribution is 5.84. The SMILES string of the molecule is COC(C)(C)CNC(=O)C(F)(F)C(F)(F)F. The third-order valence-electron chi connectivity index (χ3n) is 1.87. The molecule has 96 valence electrons. The largest absolute Gasteiger partial charge is 0.463 e. The molecule has 0 saturated carbocycles. The molecule has 0 heterocycles. The Morgan fingerprint density at radius 1 is 1.19 bits per heavy atom. The number of hydrogen-bond donors (Lipinski definition) is 1.